The molecule has 0 N–H and O–H groups in total. The molecule has 0 fully saturated rings. The maximum atomic E-state index is 5.26. The molecule has 0 saturated heterocycles. The highest BCUT2D eigenvalue weighted by atomic mass is 15.1. The third-order valence-corrected chi connectivity index (χ3v) is 9.89. The van der Waals surface area contributed by atoms with E-state index in [1.165, 1.54) is 0 Å². The van der Waals surface area contributed by atoms with Crippen LogP contribution >= 0.6 is 0 Å². The van der Waals surface area contributed by atoms with Gasteiger partial charge in [0, 0.05) is 38.6 Å². The molecule has 0 saturated carbocycles. The predicted octanol–water partition coefficient (Wildman–Crippen LogP) is 11.7. The van der Waals surface area contributed by atoms with Gasteiger partial charge in [-0.2, -0.15) is 0 Å². The topological polar surface area (TPSA) is 68.9 Å². The number of hydrogen-bond acceptors (Lipinski definition) is 5. The molecular weight excluding hydrogens is 673 g/mol. The van der Waals surface area contributed by atoms with Crippen LogP contribution in [0.5, 0.6) is 0 Å². The molecule has 0 amide bonds. The van der Waals surface area contributed by atoms with Gasteiger partial charge in [0.2, 0.25) is 0 Å². The van der Waals surface area contributed by atoms with Gasteiger partial charge in [-0.05, 0) is 16.7 Å². The highest BCUT2D eigenvalue weighted by Gasteiger charge is 2.21. The molecule has 0 radical (unpaired) electrons. The minimum Gasteiger partial charge on any atom is -0.277 e. The van der Waals surface area contributed by atoms with E-state index in [0.29, 0.717) is 23.3 Å². The number of fused-ring (bicyclic) bond motifs is 3. The molecular formula is C49H32N6. The summed E-state index contributed by atoms with van der Waals surface area (Å²) in [4.78, 5) is 25.1. The largest absolute Gasteiger partial charge is 0.277 e. The molecule has 0 aliphatic heterocycles. The fraction of sp³-hybridized carbons (Fsp3) is 0. The molecule has 7 aromatic carbocycles. The Labute approximate surface area is 318 Å². The number of hydrogen-bond donors (Lipinski definition) is 0. The standard InChI is InChI=1S/C49H32N6/c1-5-15-35(16-6-1)43-41-23-13-14-24-42(41)49-54-47(53-48(55(43)49)40-21-11-4-12-22-40)39-31-27-34(28-32-39)33-25-29-38(30-26-33)46-51-44(36-17-7-2-8-18-36)50-45(52-46)37-19-9-3-10-20-37/h1-32H. The van der Waals surface area contributed by atoms with Crippen molar-refractivity contribution in [2.45, 2.75) is 0 Å². The zero-order valence-electron chi connectivity index (χ0n) is 29.7. The third kappa shape index (κ3) is 6.02. The lowest BCUT2D eigenvalue weighted by Gasteiger charge is -2.12. The van der Waals surface area contributed by atoms with Crippen molar-refractivity contribution in [1.82, 2.24) is 29.3 Å². The van der Waals surface area contributed by atoms with Gasteiger partial charge in [-0.1, -0.05) is 194 Å². The molecule has 0 unspecified atom stereocenters. The SMILES string of the molecule is c1ccc(-c2nc(-c3ccccc3)nc(-c3ccc(-c4ccc(-c5nc(-c6ccccc6)n6c(-c7ccccc7)c7ccccc7c6n5)cc4)cc3)n2)cc1. The van der Waals surface area contributed by atoms with Crippen molar-refractivity contribution in [1.29, 1.82) is 0 Å². The van der Waals surface area contributed by atoms with Gasteiger partial charge < -0.3 is 0 Å². The third-order valence-electron chi connectivity index (χ3n) is 9.89. The highest BCUT2D eigenvalue weighted by Crippen LogP contribution is 2.38. The molecule has 6 heteroatoms. The lowest BCUT2D eigenvalue weighted by molar-refractivity contribution is 1.05. The minimum atomic E-state index is 0.629. The van der Waals surface area contributed by atoms with Gasteiger partial charge >= 0.3 is 0 Å². The summed E-state index contributed by atoms with van der Waals surface area (Å²) in [7, 11) is 0. The summed E-state index contributed by atoms with van der Waals surface area (Å²) in [6.45, 7) is 0. The lowest BCUT2D eigenvalue weighted by atomic mass is 10.0. The van der Waals surface area contributed by atoms with E-state index in [9.17, 15) is 0 Å². The van der Waals surface area contributed by atoms with Crippen molar-refractivity contribution >= 4 is 16.4 Å². The molecule has 0 aliphatic rings. The first-order valence-electron chi connectivity index (χ1n) is 18.3. The van der Waals surface area contributed by atoms with Crippen LogP contribution < -0.4 is 0 Å². The van der Waals surface area contributed by atoms with Crippen LogP contribution in [0.2, 0.25) is 0 Å². The second kappa shape index (κ2) is 13.8. The van der Waals surface area contributed by atoms with E-state index in [-0.39, 0.29) is 0 Å². The zero-order valence-corrected chi connectivity index (χ0v) is 29.7. The molecule has 10 rings (SSSR count). The van der Waals surface area contributed by atoms with E-state index in [2.05, 4.69) is 126 Å². The molecule has 3 heterocycles. The maximum Gasteiger partial charge on any atom is 0.164 e. The van der Waals surface area contributed by atoms with Crippen LogP contribution in [0, 0.1) is 0 Å². The first-order chi connectivity index (χ1) is 27.3. The van der Waals surface area contributed by atoms with E-state index < -0.39 is 0 Å². The van der Waals surface area contributed by atoms with Crippen LogP contribution in [0.3, 0.4) is 0 Å². The van der Waals surface area contributed by atoms with Crippen molar-refractivity contribution in [3.8, 4) is 79.3 Å². The van der Waals surface area contributed by atoms with E-state index in [1.807, 2.05) is 72.8 Å². The summed E-state index contributed by atoms with van der Waals surface area (Å²) in [5.41, 5.74) is 10.0. The molecule has 6 nitrogen and oxygen atoms in total. The Balaban J connectivity index is 1.03. The number of benzene rings is 7. The Hall–Kier alpha value is -7.57. The molecule has 0 aliphatic carbocycles. The summed E-state index contributed by atoms with van der Waals surface area (Å²) < 4.78 is 2.22. The van der Waals surface area contributed by atoms with Crippen LogP contribution in [0.15, 0.2) is 194 Å². The minimum absolute atomic E-state index is 0.629. The van der Waals surface area contributed by atoms with Gasteiger partial charge in [-0.3, -0.25) is 4.40 Å². The monoisotopic (exact) mass is 704 g/mol. The van der Waals surface area contributed by atoms with Gasteiger partial charge in [0.25, 0.3) is 0 Å². The summed E-state index contributed by atoms with van der Waals surface area (Å²) in [6, 6.07) is 66.3. The van der Waals surface area contributed by atoms with Gasteiger partial charge in [0.15, 0.2) is 23.3 Å². The maximum absolute atomic E-state index is 5.26. The fourth-order valence-corrected chi connectivity index (χ4v) is 7.18. The van der Waals surface area contributed by atoms with E-state index >= 15 is 0 Å². The van der Waals surface area contributed by atoms with Crippen LogP contribution in [-0.4, -0.2) is 29.3 Å². The highest BCUT2D eigenvalue weighted by molar-refractivity contribution is 6.06. The van der Waals surface area contributed by atoms with Crippen molar-refractivity contribution in [2.75, 3.05) is 0 Å². The van der Waals surface area contributed by atoms with Crippen LogP contribution in [0.1, 0.15) is 0 Å². The normalized spacial score (nSPS) is 11.3. The fourth-order valence-electron chi connectivity index (χ4n) is 7.18. The van der Waals surface area contributed by atoms with Crippen LogP contribution in [0.25, 0.3) is 95.7 Å². The molecule has 0 spiro atoms. The first-order valence-corrected chi connectivity index (χ1v) is 18.3. The molecule has 0 atom stereocenters. The Bertz CT molecular complexity index is 2870. The lowest BCUT2D eigenvalue weighted by Crippen LogP contribution is -2.03. The summed E-state index contributed by atoms with van der Waals surface area (Å²) in [6.07, 6.45) is 0. The Morgan fingerprint density at radius 1 is 0.255 bits per heavy atom. The molecule has 0 bridgehead atoms. The quantitative estimate of drug-likeness (QED) is 0.165. The van der Waals surface area contributed by atoms with E-state index in [1.54, 1.807) is 0 Å². The first kappa shape index (κ1) is 32.1. The Morgan fingerprint density at radius 2 is 0.600 bits per heavy atom. The van der Waals surface area contributed by atoms with Crippen molar-refractivity contribution in [3.05, 3.63) is 194 Å². The second-order valence-corrected chi connectivity index (χ2v) is 13.3. The molecule has 55 heavy (non-hydrogen) atoms. The van der Waals surface area contributed by atoms with Crippen molar-refractivity contribution in [3.63, 3.8) is 0 Å². The van der Waals surface area contributed by atoms with Crippen molar-refractivity contribution in [2.24, 2.45) is 0 Å². The number of aromatic nitrogens is 6. The summed E-state index contributed by atoms with van der Waals surface area (Å²) in [5, 5.41) is 2.23. The van der Waals surface area contributed by atoms with Crippen LogP contribution in [0.4, 0.5) is 0 Å². The smallest absolute Gasteiger partial charge is 0.164 e. The Morgan fingerprint density at radius 3 is 1.07 bits per heavy atom. The zero-order chi connectivity index (χ0) is 36.6. The second-order valence-electron chi connectivity index (χ2n) is 13.3. The predicted molar refractivity (Wildman–Crippen MR) is 222 cm³/mol. The molecule has 10 aromatic rings. The number of nitrogens with zero attached hydrogens (tertiary/aromatic N) is 6. The van der Waals surface area contributed by atoms with E-state index in [0.717, 1.165) is 72.4 Å². The molecule has 3 aromatic heterocycles. The number of rotatable bonds is 7. The van der Waals surface area contributed by atoms with Gasteiger partial charge in [-0.25, -0.2) is 24.9 Å². The summed E-state index contributed by atoms with van der Waals surface area (Å²) >= 11 is 0. The van der Waals surface area contributed by atoms with Gasteiger partial charge in [0.1, 0.15) is 11.5 Å². The average molecular weight is 705 g/mol. The Kier molecular flexibility index (Phi) is 8.04. The van der Waals surface area contributed by atoms with Gasteiger partial charge in [-0.15, -0.1) is 0 Å². The van der Waals surface area contributed by atoms with E-state index in [4.69, 9.17) is 24.9 Å². The van der Waals surface area contributed by atoms with Crippen molar-refractivity contribution < 1.29 is 0 Å². The average Bonchev–Trinajstić information content (AvgIpc) is 3.61. The summed E-state index contributed by atoms with van der Waals surface area (Å²) in [5.74, 6) is 3.44. The van der Waals surface area contributed by atoms with Gasteiger partial charge in [0.05, 0.1) is 5.69 Å². The molecule has 258 valence electrons. The van der Waals surface area contributed by atoms with Crippen LogP contribution in [-0.2, 0) is 0 Å².